The van der Waals surface area contributed by atoms with Crippen molar-refractivity contribution in [2.45, 2.75) is 13.3 Å². The molecule has 0 atom stereocenters. The first kappa shape index (κ1) is 20.7. The Bertz CT molecular complexity index is 1060. The summed E-state index contributed by atoms with van der Waals surface area (Å²) < 4.78 is 14.1. The zero-order valence-electron chi connectivity index (χ0n) is 15.2. The quantitative estimate of drug-likeness (QED) is 0.628. The van der Waals surface area contributed by atoms with Gasteiger partial charge in [0.15, 0.2) is 5.82 Å². The first-order valence-corrected chi connectivity index (χ1v) is 9.21. The molecule has 148 valence electrons. The van der Waals surface area contributed by atoms with Crippen molar-refractivity contribution < 1.29 is 14.0 Å². The molecule has 1 aromatic carbocycles. The molecular formula is C20H15Cl2FN4O2. The Morgan fingerprint density at radius 1 is 1.14 bits per heavy atom. The summed E-state index contributed by atoms with van der Waals surface area (Å²) >= 11 is 12.2. The van der Waals surface area contributed by atoms with Gasteiger partial charge in [-0.05, 0) is 29.8 Å². The number of hydrogen-bond acceptors (Lipinski definition) is 4. The van der Waals surface area contributed by atoms with Crippen molar-refractivity contribution in [3.8, 4) is 0 Å². The van der Waals surface area contributed by atoms with Crippen LogP contribution >= 0.6 is 23.2 Å². The molecule has 6 nitrogen and oxygen atoms in total. The van der Waals surface area contributed by atoms with Crippen LogP contribution in [0, 0.1) is 5.82 Å². The number of carbonyl (C=O) groups is 2. The Kier molecular flexibility index (Phi) is 6.41. The second-order valence-electron chi connectivity index (χ2n) is 6.01. The maximum atomic E-state index is 14.1. The molecule has 0 aliphatic carbocycles. The van der Waals surface area contributed by atoms with Gasteiger partial charge >= 0.3 is 0 Å². The van der Waals surface area contributed by atoms with Crippen LogP contribution in [0.2, 0.25) is 10.0 Å². The van der Waals surface area contributed by atoms with Crippen LogP contribution in [0.3, 0.4) is 0 Å². The minimum Gasteiger partial charge on any atom is -0.326 e. The van der Waals surface area contributed by atoms with Crippen LogP contribution in [-0.2, 0) is 16.0 Å². The summed E-state index contributed by atoms with van der Waals surface area (Å²) in [5.41, 5.74) is 0.891. The Labute approximate surface area is 176 Å². The van der Waals surface area contributed by atoms with E-state index in [4.69, 9.17) is 23.2 Å². The van der Waals surface area contributed by atoms with E-state index in [0.29, 0.717) is 21.3 Å². The van der Waals surface area contributed by atoms with Crippen LogP contribution in [0.5, 0.6) is 0 Å². The van der Waals surface area contributed by atoms with Crippen molar-refractivity contribution in [1.82, 2.24) is 9.97 Å². The van der Waals surface area contributed by atoms with Gasteiger partial charge < -0.3 is 5.32 Å². The fraction of sp³-hybridized carbons (Fsp3) is 0.100. The lowest BCUT2D eigenvalue weighted by Gasteiger charge is -2.21. The molecule has 0 bridgehead atoms. The molecule has 9 heteroatoms. The van der Waals surface area contributed by atoms with E-state index in [1.165, 1.54) is 31.5 Å². The molecule has 0 spiro atoms. The summed E-state index contributed by atoms with van der Waals surface area (Å²) in [6, 6.07) is 9.37. The van der Waals surface area contributed by atoms with Crippen molar-refractivity contribution in [2.24, 2.45) is 0 Å². The summed E-state index contributed by atoms with van der Waals surface area (Å²) in [6.45, 7) is 1.28. The largest absolute Gasteiger partial charge is 0.326 e. The molecule has 0 fully saturated rings. The zero-order chi connectivity index (χ0) is 21.0. The zero-order valence-corrected chi connectivity index (χ0v) is 16.7. The predicted octanol–water partition coefficient (Wildman–Crippen LogP) is 4.79. The molecule has 0 saturated heterocycles. The van der Waals surface area contributed by atoms with E-state index in [9.17, 15) is 14.0 Å². The summed E-state index contributed by atoms with van der Waals surface area (Å²) in [5.74, 6) is -1.33. The molecule has 2 heterocycles. The normalized spacial score (nSPS) is 10.5. The van der Waals surface area contributed by atoms with Gasteiger partial charge in [-0.25, -0.2) is 9.37 Å². The molecule has 2 aromatic heterocycles. The number of pyridine rings is 2. The Balaban J connectivity index is 1.84. The van der Waals surface area contributed by atoms with Crippen molar-refractivity contribution >= 4 is 52.2 Å². The van der Waals surface area contributed by atoms with Crippen LogP contribution in [0.15, 0.2) is 55.0 Å². The van der Waals surface area contributed by atoms with Crippen LogP contribution in [0.25, 0.3) is 0 Å². The Morgan fingerprint density at radius 3 is 2.52 bits per heavy atom. The van der Waals surface area contributed by atoms with E-state index in [-0.39, 0.29) is 23.8 Å². The molecule has 3 rings (SSSR count). The third-order valence-electron chi connectivity index (χ3n) is 3.96. The standard InChI is InChI=1S/C20H15Cl2FN4O2/c1-12(28)27(18-6-7-24-11-17(18)23)19-9-13(5-8-25-19)26-20(29)10-14-15(21)3-2-4-16(14)22/h2-9,11H,10H2,1H3,(H,25,26,29). The minimum absolute atomic E-state index is 0.00586. The van der Waals surface area contributed by atoms with Gasteiger partial charge in [0, 0.05) is 41.1 Å². The van der Waals surface area contributed by atoms with E-state index >= 15 is 0 Å². The van der Waals surface area contributed by atoms with Gasteiger partial charge in [-0.1, -0.05) is 29.3 Å². The van der Waals surface area contributed by atoms with Gasteiger partial charge in [0.05, 0.1) is 18.3 Å². The van der Waals surface area contributed by atoms with E-state index in [2.05, 4.69) is 15.3 Å². The molecule has 0 saturated carbocycles. The van der Waals surface area contributed by atoms with E-state index in [1.54, 1.807) is 24.3 Å². The monoisotopic (exact) mass is 432 g/mol. The van der Waals surface area contributed by atoms with Gasteiger partial charge in [0.2, 0.25) is 11.8 Å². The number of carbonyl (C=O) groups excluding carboxylic acids is 2. The lowest BCUT2D eigenvalue weighted by molar-refractivity contribution is -0.116. The number of hydrogen-bond donors (Lipinski definition) is 1. The third-order valence-corrected chi connectivity index (χ3v) is 4.67. The number of amides is 2. The molecule has 3 aromatic rings. The number of anilines is 3. The second-order valence-corrected chi connectivity index (χ2v) is 6.82. The molecule has 29 heavy (non-hydrogen) atoms. The van der Waals surface area contributed by atoms with Crippen molar-refractivity contribution in [2.75, 3.05) is 10.2 Å². The van der Waals surface area contributed by atoms with E-state index in [0.717, 1.165) is 11.1 Å². The lowest BCUT2D eigenvalue weighted by atomic mass is 10.1. The molecule has 2 amide bonds. The second kappa shape index (κ2) is 8.98. The average molecular weight is 433 g/mol. The number of benzene rings is 1. The number of nitrogens with zero attached hydrogens (tertiary/aromatic N) is 3. The van der Waals surface area contributed by atoms with Crippen LogP contribution < -0.4 is 10.2 Å². The number of halogens is 3. The highest BCUT2D eigenvalue weighted by atomic mass is 35.5. The molecule has 1 N–H and O–H groups in total. The van der Waals surface area contributed by atoms with E-state index in [1.807, 2.05) is 0 Å². The number of aromatic nitrogens is 2. The fourth-order valence-electron chi connectivity index (χ4n) is 2.69. The molecule has 0 radical (unpaired) electrons. The molecular weight excluding hydrogens is 418 g/mol. The maximum Gasteiger partial charge on any atom is 0.229 e. The third kappa shape index (κ3) is 4.88. The predicted molar refractivity (Wildman–Crippen MR) is 110 cm³/mol. The average Bonchev–Trinajstić information content (AvgIpc) is 2.67. The van der Waals surface area contributed by atoms with Crippen molar-refractivity contribution in [3.05, 3.63) is 76.4 Å². The Morgan fingerprint density at radius 2 is 1.86 bits per heavy atom. The molecule has 0 aliphatic heterocycles. The number of nitrogens with one attached hydrogen (secondary N) is 1. The highest BCUT2D eigenvalue weighted by molar-refractivity contribution is 6.36. The first-order valence-electron chi connectivity index (χ1n) is 8.46. The number of rotatable bonds is 5. The molecule has 0 unspecified atom stereocenters. The SMILES string of the molecule is CC(=O)N(c1cc(NC(=O)Cc2c(Cl)cccc2Cl)ccn1)c1ccncc1F. The van der Waals surface area contributed by atoms with Gasteiger partial charge in [-0.2, -0.15) is 0 Å². The van der Waals surface area contributed by atoms with Gasteiger partial charge in [-0.3, -0.25) is 19.5 Å². The highest BCUT2D eigenvalue weighted by Crippen LogP contribution is 2.28. The summed E-state index contributed by atoms with van der Waals surface area (Å²) in [4.78, 5) is 33.5. The van der Waals surface area contributed by atoms with Crippen LogP contribution in [0.4, 0.5) is 21.6 Å². The minimum atomic E-state index is -0.674. The van der Waals surface area contributed by atoms with Crippen LogP contribution in [0.1, 0.15) is 12.5 Å². The fourth-order valence-corrected chi connectivity index (χ4v) is 3.22. The van der Waals surface area contributed by atoms with Gasteiger partial charge in [0.1, 0.15) is 5.82 Å². The van der Waals surface area contributed by atoms with Crippen LogP contribution in [-0.4, -0.2) is 21.8 Å². The lowest BCUT2D eigenvalue weighted by Crippen LogP contribution is -2.25. The first-order chi connectivity index (χ1) is 13.9. The smallest absolute Gasteiger partial charge is 0.229 e. The van der Waals surface area contributed by atoms with Crippen molar-refractivity contribution in [1.29, 1.82) is 0 Å². The van der Waals surface area contributed by atoms with Crippen molar-refractivity contribution in [3.63, 3.8) is 0 Å². The Hall–Kier alpha value is -3.03. The summed E-state index contributed by atoms with van der Waals surface area (Å²) in [7, 11) is 0. The topological polar surface area (TPSA) is 75.2 Å². The molecule has 0 aliphatic rings. The van der Waals surface area contributed by atoms with E-state index < -0.39 is 11.7 Å². The summed E-state index contributed by atoms with van der Waals surface area (Å²) in [5, 5.41) is 3.48. The highest BCUT2D eigenvalue weighted by Gasteiger charge is 2.20. The van der Waals surface area contributed by atoms with Gasteiger partial charge in [0.25, 0.3) is 0 Å². The van der Waals surface area contributed by atoms with Gasteiger partial charge in [-0.15, -0.1) is 0 Å². The summed E-state index contributed by atoms with van der Waals surface area (Å²) in [6.07, 6.45) is 3.74. The maximum absolute atomic E-state index is 14.1.